The van der Waals surface area contributed by atoms with E-state index in [4.69, 9.17) is 9.72 Å². The van der Waals surface area contributed by atoms with Gasteiger partial charge in [-0.3, -0.25) is 4.79 Å². The quantitative estimate of drug-likeness (QED) is 0.822. The van der Waals surface area contributed by atoms with Crippen molar-refractivity contribution < 1.29 is 4.74 Å². The molecule has 2 rings (SSSR count). The average Bonchev–Trinajstić information content (AvgIpc) is 2.44. The van der Waals surface area contributed by atoms with Crippen molar-refractivity contribution in [2.45, 2.75) is 57.5 Å². The molecule has 1 aliphatic rings. The standard InChI is InChI=1S/C14H21IN2O2/c1-3-7-10-11(15)12(18)17-13(16-10)14(19-2)8-5-4-6-9-14/h3-9H2,1-2H3,(H,16,17,18). The highest BCUT2D eigenvalue weighted by Gasteiger charge is 2.36. The highest BCUT2D eigenvalue weighted by molar-refractivity contribution is 14.1. The highest BCUT2D eigenvalue weighted by atomic mass is 127. The third-order valence-electron chi connectivity index (χ3n) is 3.90. The van der Waals surface area contributed by atoms with Gasteiger partial charge in [0.15, 0.2) is 0 Å². The van der Waals surface area contributed by atoms with Gasteiger partial charge in [0.2, 0.25) is 0 Å². The molecular formula is C14H21IN2O2. The summed E-state index contributed by atoms with van der Waals surface area (Å²) in [6.45, 7) is 2.10. The van der Waals surface area contributed by atoms with E-state index in [9.17, 15) is 4.79 Å². The summed E-state index contributed by atoms with van der Waals surface area (Å²) in [5.74, 6) is 0.726. The number of methoxy groups -OCH3 is 1. The van der Waals surface area contributed by atoms with Gasteiger partial charge in [-0.05, 0) is 41.9 Å². The molecular weight excluding hydrogens is 355 g/mol. The fourth-order valence-electron chi connectivity index (χ4n) is 2.78. The molecule has 1 N–H and O–H groups in total. The maximum atomic E-state index is 12.1. The molecule has 106 valence electrons. The van der Waals surface area contributed by atoms with Crippen molar-refractivity contribution in [2.75, 3.05) is 7.11 Å². The highest BCUT2D eigenvalue weighted by Crippen LogP contribution is 2.38. The topological polar surface area (TPSA) is 55.0 Å². The van der Waals surface area contributed by atoms with Gasteiger partial charge in [0.05, 0.1) is 9.26 Å². The molecule has 0 saturated heterocycles. The Morgan fingerprint density at radius 1 is 1.37 bits per heavy atom. The molecule has 5 heteroatoms. The zero-order chi connectivity index (χ0) is 13.9. The fourth-order valence-corrected chi connectivity index (χ4v) is 3.31. The zero-order valence-electron chi connectivity index (χ0n) is 11.6. The number of hydrogen-bond donors (Lipinski definition) is 1. The summed E-state index contributed by atoms with van der Waals surface area (Å²) >= 11 is 2.09. The van der Waals surface area contributed by atoms with Gasteiger partial charge in [-0.1, -0.05) is 32.6 Å². The third kappa shape index (κ3) is 3.02. The second kappa shape index (κ2) is 6.35. The molecule has 1 aliphatic carbocycles. The van der Waals surface area contributed by atoms with E-state index in [0.717, 1.165) is 50.0 Å². The van der Waals surface area contributed by atoms with Crippen molar-refractivity contribution in [3.05, 3.63) is 25.4 Å². The molecule has 0 amide bonds. The fraction of sp³-hybridized carbons (Fsp3) is 0.714. The molecule has 1 aromatic heterocycles. The van der Waals surface area contributed by atoms with Gasteiger partial charge in [0, 0.05) is 7.11 Å². The van der Waals surface area contributed by atoms with Crippen LogP contribution in [0.2, 0.25) is 0 Å². The lowest BCUT2D eigenvalue weighted by Gasteiger charge is -2.35. The van der Waals surface area contributed by atoms with Crippen molar-refractivity contribution in [1.29, 1.82) is 0 Å². The molecule has 0 unspecified atom stereocenters. The van der Waals surface area contributed by atoms with Gasteiger partial charge in [0.1, 0.15) is 11.4 Å². The minimum Gasteiger partial charge on any atom is -0.370 e. The molecule has 1 heterocycles. The lowest BCUT2D eigenvalue weighted by atomic mass is 9.84. The van der Waals surface area contributed by atoms with Crippen LogP contribution >= 0.6 is 22.6 Å². The Labute approximate surface area is 127 Å². The van der Waals surface area contributed by atoms with Gasteiger partial charge in [-0.25, -0.2) is 4.98 Å². The second-order valence-electron chi connectivity index (χ2n) is 5.18. The molecule has 1 aromatic rings. The lowest BCUT2D eigenvalue weighted by Crippen LogP contribution is -2.36. The first-order valence-electron chi connectivity index (χ1n) is 6.97. The van der Waals surface area contributed by atoms with Crippen LogP contribution in [0.1, 0.15) is 57.0 Å². The van der Waals surface area contributed by atoms with E-state index in [1.54, 1.807) is 7.11 Å². The predicted octanol–water partition coefficient (Wildman–Crippen LogP) is 3.13. The van der Waals surface area contributed by atoms with Gasteiger partial charge in [-0.2, -0.15) is 0 Å². The Morgan fingerprint density at radius 3 is 2.63 bits per heavy atom. The molecule has 4 nitrogen and oxygen atoms in total. The van der Waals surface area contributed by atoms with E-state index in [-0.39, 0.29) is 11.2 Å². The normalized spacial score (nSPS) is 18.5. The third-order valence-corrected chi connectivity index (χ3v) is 5.01. The van der Waals surface area contributed by atoms with Crippen LogP contribution in [0.3, 0.4) is 0 Å². The van der Waals surface area contributed by atoms with Crippen LogP contribution in [-0.2, 0) is 16.8 Å². The summed E-state index contributed by atoms with van der Waals surface area (Å²) in [7, 11) is 1.72. The molecule has 0 aliphatic heterocycles. The van der Waals surface area contributed by atoms with Crippen LogP contribution in [0.15, 0.2) is 4.79 Å². The number of H-pyrrole nitrogens is 1. The first kappa shape index (κ1) is 15.0. The van der Waals surface area contributed by atoms with Crippen molar-refractivity contribution in [3.8, 4) is 0 Å². The monoisotopic (exact) mass is 376 g/mol. The minimum absolute atomic E-state index is 0.0314. The number of aromatic nitrogens is 2. The smallest absolute Gasteiger partial charge is 0.264 e. The van der Waals surface area contributed by atoms with Crippen LogP contribution in [0.5, 0.6) is 0 Å². The van der Waals surface area contributed by atoms with Crippen molar-refractivity contribution >= 4 is 22.6 Å². The van der Waals surface area contributed by atoms with E-state index in [2.05, 4.69) is 34.5 Å². The van der Waals surface area contributed by atoms with Crippen LogP contribution in [0.4, 0.5) is 0 Å². The Morgan fingerprint density at radius 2 is 2.05 bits per heavy atom. The van der Waals surface area contributed by atoms with Gasteiger partial charge in [-0.15, -0.1) is 0 Å². The van der Waals surface area contributed by atoms with E-state index in [1.807, 2.05) is 0 Å². The summed E-state index contributed by atoms with van der Waals surface area (Å²) < 4.78 is 6.47. The minimum atomic E-state index is -0.385. The molecule has 1 saturated carbocycles. The zero-order valence-corrected chi connectivity index (χ0v) is 13.7. The molecule has 1 fully saturated rings. The lowest BCUT2D eigenvalue weighted by molar-refractivity contribution is -0.0518. The summed E-state index contributed by atoms with van der Waals surface area (Å²) in [6.07, 6.45) is 7.22. The number of nitrogens with zero attached hydrogens (tertiary/aromatic N) is 1. The van der Waals surface area contributed by atoms with Gasteiger partial charge < -0.3 is 9.72 Å². The number of halogens is 1. The number of ether oxygens (including phenoxy) is 1. The van der Waals surface area contributed by atoms with Crippen molar-refractivity contribution in [1.82, 2.24) is 9.97 Å². The van der Waals surface area contributed by atoms with E-state index in [1.165, 1.54) is 6.42 Å². The first-order chi connectivity index (χ1) is 9.13. The second-order valence-corrected chi connectivity index (χ2v) is 6.26. The van der Waals surface area contributed by atoms with Crippen LogP contribution in [-0.4, -0.2) is 17.1 Å². The number of aryl methyl sites for hydroxylation is 1. The molecule has 0 aromatic carbocycles. The van der Waals surface area contributed by atoms with Crippen molar-refractivity contribution in [2.24, 2.45) is 0 Å². The molecule has 0 radical (unpaired) electrons. The number of aromatic amines is 1. The predicted molar refractivity (Wildman–Crippen MR) is 83.3 cm³/mol. The number of rotatable bonds is 4. The van der Waals surface area contributed by atoms with Crippen LogP contribution in [0, 0.1) is 3.57 Å². The Bertz CT molecular complexity index is 493. The van der Waals surface area contributed by atoms with Crippen LogP contribution < -0.4 is 5.56 Å². The molecule has 0 spiro atoms. The Kier molecular flexibility index (Phi) is 5.00. The summed E-state index contributed by atoms with van der Waals surface area (Å²) in [5.41, 5.74) is 0.490. The van der Waals surface area contributed by atoms with Gasteiger partial charge in [0.25, 0.3) is 5.56 Å². The maximum absolute atomic E-state index is 12.1. The van der Waals surface area contributed by atoms with Gasteiger partial charge >= 0.3 is 0 Å². The summed E-state index contributed by atoms with van der Waals surface area (Å²) in [6, 6.07) is 0. The molecule has 19 heavy (non-hydrogen) atoms. The average molecular weight is 376 g/mol. The number of nitrogens with one attached hydrogen (secondary N) is 1. The Hall–Kier alpha value is -0.430. The van der Waals surface area contributed by atoms with E-state index < -0.39 is 0 Å². The summed E-state index contributed by atoms with van der Waals surface area (Å²) in [5, 5.41) is 0. The maximum Gasteiger partial charge on any atom is 0.264 e. The van der Waals surface area contributed by atoms with E-state index in [0.29, 0.717) is 3.57 Å². The van der Waals surface area contributed by atoms with Crippen molar-refractivity contribution in [3.63, 3.8) is 0 Å². The number of hydrogen-bond acceptors (Lipinski definition) is 3. The molecule has 0 atom stereocenters. The first-order valence-corrected chi connectivity index (χ1v) is 8.05. The largest absolute Gasteiger partial charge is 0.370 e. The SMILES string of the molecule is CCCc1nc(C2(OC)CCCCC2)[nH]c(=O)c1I. The molecule has 0 bridgehead atoms. The Balaban J connectivity index is 2.45. The van der Waals surface area contributed by atoms with Crippen LogP contribution in [0.25, 0.3) is 0 Å². The summed E-state index contributed by atoms with van der Waals surface area (Å²) in [4.78, 5) is 19.7. The van der Waals surface area contributed by atoms with E-state index >= 15 is 0 Å².